The lowest BCUT2D eigenvalue weighted by molar-refractivity contribution is -0.147. The Morgan fingerprint density at radius 3 is 1.42 bits per heavy atom. The van der Waals surface area contributed by atoms with Crippen molar-refractivity contribution < 1.29 is 28.7 Å². The fourth-order valence-electron chi connectivity index (χ4n) is 3.88. The number of hydrogen-bond acceptors (Lipinski definition) is 8. The lowest BCUT2D eigenvalue weighted by Gasteiger charge is -2.19. The molecule has 0 spiro atoms. The van der Waals surface area contributed by atoms with Gasteiger partial charge in [-0.2, -0.15) is 0 Å². The third-order valence-electron chi connectivity index (χ3n) is 6.11. The molecule has 2 saturated carbocycles. The standard InChI is InChI=1S/C26H28N2O6S2/c1-3-33-23(31)25(27-21(29)17-11-7-5-8-12-17)15-19(25)35-36-20-16-26(20,24(32)34-4-2)28-22(30)18-13-9-6-10-14-18/h5-14,19-20H,3-4,15-16H2,1-2H3,(H,27,29)(H,28,30)/t19-,20-,25+,26+/m0/s1. The normalized spacial score (nSPS) is 25.8. The van der Waals surface area contributed by atoms with Gasteiger partial charge < -0.3 is 20.1 Å². The van der Waals surface area contributed by atoms with Gasteiger partial charge in [0.15, 0.2) is 11.1 Å². The van der Waals surface area contributed by atoms with E-state index >= 15 is 0 Å². The second-order valence-electron chi connectivity index (χ2n) is 8.60. The summed E-state index contributed by atoms with van der Waals surface area (Å²) in [7, 11) is 2.83. The molecule has 2 aromatic carbocycles. The van der Waals surface area contributed by atoms with Gasteiger partial charge >= 0.3 is 11.9 Å². The van der Waals surface area contributed by atoms with E-state index in [1.54, 1.807) is 62.4 Å². The zero-order valence-electron chi connectivity index (χ0n) is 20.0. The Kier molecular flexibility index (Phi) is 7.94. The molecule has 2 fully saturated rings. The van der Waals surface area contributed by atoms with Crippen molar-refractivity contribution in [3.63, 3.8) is 0 Å². The van der Waals surface area contributed by atoms with Crippen LogP contribution in [0.4, 0.5) is 0 Å². The molecule has 2 aliphatic rings. The lowest BCUT2D eigenvalue weighted by atomic mass is 10.2. The van der Waals surface area contributed by atoms with Gasteiger partial charge in [0.05, 0.1) is 23.7 Å². The maximum atomic E-state index is 12.8. The summed E-state index contributed by atoms with van der Waals surface area (Å²) in [6.45, 7) is 3.84. The summed E-state index contributed by atoms with van der Waals surface area (Å²) >= 11 is 0. The van der Waals surface area contributed by atoms with Gasteiger partial charge in [-0.3, -0.25) is 9.59 Å². The highest BCUT2D eigenvalue weighted by molar-refractivity contribution is 8.77. The van der Waals surface area contributed by atoms with Crippen LogP contribution in [-0.4, -0.2) is 58.5 Å². The third-order valence-corrected chi connectivity index (χ3v) is 9.55. The van der Waals surface area contributed by atoms with Gasteiger partial charge in [-0.15, -0.1) is 0 Å². The molecule has 10 heteroatoms. The highest BCUT2D eigenvalue weighted by atomic mass is 33.1. The average Bonchev–Trinajstić information content (AvgIpc) is 3.79. The maximum Gasteiger partial charge on any atom is 0.333 e. The smallest absolute Gasteiger partial charge is 0.333 e. The molecule has 0 aromatic heterocycles. The minimum absolute atomic E-state index is 0.201. The van der Waals surface area contributed by atoms with Gasteiger partial charge in [-0.25, -0.2) is 9.59 Å². The van der Waals surface area contributed by atoms with Crippen LogP contribution in [0, 0.1) is 0 Å². The van der Waals surface area contributed by atoms with Crippen LogP contribution in [0.15, 0.2) is 60.7 Å². The van der Waals surface area contributed by atoms with E-state index in [9.17, 15) is 19.2 Å². The van der Waals surface area contributed by atoms with Crippen LogP contribution >= 0.6 is 21.6 Å². The van der Waals surface area contributed by atoms with Gasteiger partial charge in [0.25, 0.3) is 11.8 Å². The first-order valence-corrected chi connectivity index (χ1v) is 14.1. The predicted molar refractivity (Wildman–Crippen MR) is 139 cm³/mol. The molecule has 190 valence electrons. The monoisotopic (exact) mass is 528 g/mol. The molecule has 0 bridgehead atoms. The van der Waals surface area contributed by atoms with Crippen LogP contribution < -0.4 is 10.6 Å². The van der Waals surface area contributed by atoms with Crippen molar-refractivity contribution in [3.05, 3.63) is 71.8 Å². The third kappa shape index (κ3) is 5.39. The molecule has 0 unspecified atom stereocenters. The molecule has 0 saturated heterocycles. The number of amides is 2. The summed E-state index contributed by atoms with van der Waals surface area (Å²) in [5.41, 5.74) is -1.35. The molecular weight excluding hydrogens is 500 g/mol. The molecule has 8 nitrogen and oxygen atoms in total. The van der Waals surface area contributed by atoms with Gasteiger partial charge in [-0.1, -0.05) is 58.0 Å². The Morgan fingerprint density at radius 1 is 0.722 bits per heavy atom. The SMILES string of the molecule is CCOC(=O)[C@@]1(NC(=O)c2ccccc2)C[C@@H]1SS[C@H]1C[C@]1(NC(=O)c1ccccc1)C(=O)OCC. The van der Waals surface area contributed by atoms with Crippen molar-refractivity contribution in [2.75, 3.05) is 13.2 Å². The highest BCUT2D eigenvalue weighted by Gasteiger charge is 2.67. The zero-order valence-corrected chi connectivity index (χ0v) is 21.7. The number of nitrogens with one attached hydrogen (secondary N) is 2. The van der Waals surface area contributed by atoms with Crippen LogP contribution in [0.3, 0.4) is 0 Å². The number of benzene rings is 2. The molecule has 4 atom stereocenters. The summed E-state index contributed by atoms with van der Waals surface area (Å²) in [5, 5.41) is 5.27. The van der Waals surface area contributed by atoms with Crippen LogP contribution in [0.1, 0.15) is 47.4 Å². The summed E-state index contributed by atoms with van der Waals surface area (Å²) in [4.78, 5) is 51.2. The number of rotatable bonds is 11. The van der Waals surface area contributed by atoms with Crippen molar-refractivity contribution in [2.45, 2.75) is 48.3 Å². The second kappa shape index (κ2) is 11.0. The second-order valence-corrected chi connectivity index (χ2v) is 11.3. The van der Waals surface area contributed by atoms with E-state index in [4.69, 9.17) is 9.47 Å². The van der Waals surface area contributed by atoms with E-state index < -0.39 is 23.0 Å². The molecule has 0 radical (unpaired) electrons. The quantitative estimate of drug-likeness (QED) is 0.337. The van der Waals surface area contributed by atoms with Crippen LogP contribution in [0.25, 0.3) is 0 Å². The van der Waals surface area contributed by atoms with Gasteiger partial charge in [0, 0.05) is 11.1 Å². The number of ether oxygens (including phenoxy) is 2. The Morgan fingerprint density at radius 2 is 1.08 bits per heavy atom. The number of esters is 2. The molecule has 0 aliphatic heterocycles. The minimum Gasteiger partial charge on any atom is -0.464 e. The molecule has 36 heavy (non-hydrogen) atoms. The molecule has 0 heterocycles. The minimum atomic E-state index is -1.13. The largest absolute Gasteiger partial charge is 0.464 e. The van der Waals surface area contributed by atoms with E-state index in [-0.39, 0.29) is 35.5 Å². The number of carbonyl (C=O) groups excluding carboxylic acids is 4. The van der Waals surface area contributed by atoms with Crippen LogP contribution in [0.5, 0.6) is 0 Å². The maximum absolute atomic E-state index is 12.8. The Hall–Kier alpha value is -2.98. The fourth-order valence-corrected chi connectivity index (χ4v) is 7.64. The summed E-state index contributed by atoms with van der Waals surface area (Å²) in [6.07, 6.45) is 0.829. The van der Waals surface area contributed by atoms with Crippen molar-refractivity contribution in [3.8, 4) is 0 Å². The first-order valence-electron chi connectivity index (χ1n) is 11.8. The van der Waals surface area contributed by atoms with E-state index in [0.717, 1.165) is 0 Å². The fraction of sp³-hybridized carbons (Fsp3) is 0.385. The van der Waals surface area contributed by atoms with E-state index in [1.807, 2.05) is 12.1 Å². The van der Waals surface area contributed by atoms with Gasteiger partial charge in [0.2, 0.25) is 0 Å². The first-order chi connectivity index (χ1) is 17.4. The van der Waals surface area contributed by atoms with Crippen molar-refractivity contribution >= 4 is 45.3 Å². The Bertz CT molecular complexity index is 1040. The summed E-state index contributed by atoms with van der Waals surface area (Å²) < 4.78 is 10.5. The van der Waals surface area contributed by atoms with Crippen molar-refractivity contribution in [1.82, 2.24) is 10.6 Å². The Balaban J connectivity index is 1.42. The highest BCUT2D eigenvalue weighted by Crippen LogP contribution is 2.58. The van der Waals surface area contributed by atoms with E-state index in [0.29, 0.717) is 24.0 Å². The van der Waals surface area contributed by atoms with Crippen LogP contribution in [-0.2, 0) is 19.1 Å². The lowest BCUT2D eigenvalue weighted by Crippen LogP contribution is -2.47. The average molecular weight is 529 g/mol. The van der Waals surface area contributed by atoms with Gasteiger partial charge in [0.1, 0.15) is 0 Å². The van der Waals surface area contributed by atoms with E-state index in [1.165, 1.54) is 21.6 Å². The predicted octanol–water partition coefficient (Wildman–Crippen LogP) is 3.38. The molecular formula is C26H28N2O6S2. The molecule has 2 amide bonds. The first kappa shape index (κ1) is 26.1. The summed E-state index contributed by atoms with van der Waals surface area (Å²) in [6, 6.07) is 17.4. The molecule has 2 aromatic rings. The summed E-state index contributed by atoms with van der Waals surface area (Å²) in [5.74, 6) is -1.65. The number of carbonyl (C=O) groups is 4. The molecule has 2 aliphatic carbocycles. The van der Waals surface area contributed by atoms with Crippen molar-refractivity contribution in [1.29, 1.82) is 0 Å². The zero-order chi connectivity index (χ0) is 25.8. The molecule has 4 rings (SSSR count). The Labute approximate surface area is 217 Å². The topological polar surface area (TPSA) is 111 Å². The van der Waals surface area contributed by atoms with Crippen LogP contribution in [0.2, 0.25) is 0 Å². The van der Waals surface area contributed by atoms with Crippen molar-refractivity contribution in [2.24, 2.45) is 0 Å². The van der Waals surface area contributed by atoms with Gasteiger partial charge in [-0.05, 0) is 51.0 Å². The number of hydrogen-bond donors (Lipinski definition) is 2. The van der Waals surface area contributed by atoms with E-state index in [2.05, 4.69) is 10.6 Å². The molecule has 2 N–H and O–H groups in total.